The average molecular weight is 307 g/mol. The zero-order valence-corrected chi connectivity index (χ0v) is 12.1. The lowest BCUT2D eigenvalue weighted by molar-refractivity contribution is -0.139. The molecule has 112 valence electrons. The summed E-state index contributed by atoms with van der Waals surface area (Å²) in [6.45, 7) is 2.16. The van der Waals surface area contributed by atoms with Gasteiger partial charge in [0.15, 0.2) is 0 Å². The highest BCUT2D eigenvalue weighted by atomic mass is 35.5. The van der Waals surface area contributed by atoms with Gasteiger partial charge >= 0.3 is 6.18 Å². The van der Waals surface area contributed by atoms with Gasteiger partial charge in [-0.3, -0.25) is 0 Å². The van der Waals surface area contributed by atoms with Crippen molar-refractivity contribution in [2.75, 3.05) is 0 Å². The third-order valence-electron chi connectivity index (χ3n) is 3.76. The summed E-state index contributed by atoms with van der Waals surface area (Å²) in [7, 11) is 0. The molecular weight excluding hydrogens is 289 g/mol. The van der Waals surface area contributed by atoms with Crippen molar-refractivity contribution in [1.82, 2.24) is 0 Å². The van der Waals surface area contributed by atoms with E-state index in [4.69, 9.17) is 16.3 Å². The highest BCUT2D eigenvalue weighted by Crippen LogP contribution is 2.38. The lowest BCUT2D eigenvalue weighted by Crippen LogP contribution is -2.24. The molecular formula is C15H18ClF3O. The van der Waals surface area contributed by atoms with Crippen LogP contribution in [0.4, 0.5) is 13.2 Å². The number of halogens is 4. The van der Waals surface area contributed by atoms with Crippen LogP contribution in [-0.2, 0) is 12.1 Å². The number of ether oxygens (including phenoxy) is 1. The standard InChI is InChI=1S/C15H18ClF3O/c1-10-2-5-12(6-3-10)20-14-7-4-11(9-16)8-13(14)15(17,18)19/h4,7-8,10,12H,2-3,5-6,9H2,1H3. The van der Waals surface area contributed by atoms with Gasteiger partial charge in [0.1, 0.15) is 5.75 Å². The number of benzene rings is 1. The Bertz CT molecular complexity index is 451. The van der Waals surface area contributed by atoms with Crippen LogP contribution in [0, 0.1) is 5.92 Å². The quantitative estimate of drug-likeness (QED) is 0.679. The van der Waals surface area contributed by atoms with Crippen molar-refractivity contribution < 1.29 is 17.9 Å². The summed E-state index contributed by atoms with van der Waals surface area (Å²) in [6.07, 6.45) is -0.892. The normalized spacial score (nSPS) is 23.6. The van der Waals surface area contributed by atoms with E-state index in [0.29, 0.717) is 11.5 Å². The number of rotatable bonds is 3. The Morgan fingerprint density at radius 1 is 1.20 bits per heavy atom. The maximum absolute atomic E-state index is 13.1. The fourth-order valence-electron chi connectivity index (χ4n) is 2.51. The van der Waals surface area contributed by atoms with Gasteiger partial charge in [0.05, 0.1) is 11.7 Å². The van der Waals surface area contributed by atoms with Crippen molar-refractivity contribution in [3.05, 3.63) is 29.3 Å². The minimum atomic E-state index is -4.42. The largest absolute Gasteiger partial charge is 0.490 e. The first-order valence-corrected chi connectivity index (χ1v) is 7.36. The van der Waals surface area contributed by atoms with Crippen LogP contribution in [0.3, 0.4) is 0 Å². The molecule has 0 unspecified atom stereocenters. The Morgan fingerprint density at radius 2 is 1.85 bits per heavy atom. The van der Waals surface area contributed by atoms with Crippen molar-refractivity contribution in [2.24, 2.45) is 5.92 Å². The molecule has 0 saturated heterocycles. The predicted octanol–water partition coefficient (Wildman–Crippen LogP) is 5.40. The molecule has 0 spiro atoms. The van der Waals surface area contributed by atoms with Crippen molar-refractivity contribution in [2.45, 2.75) is 50.8 Å². The van der Waals surface area contributed by atoms with Crippen LogP contribution in [0.15, 0.2) is 18.2 Å². The van der Waals surface area contributed by atoms with Crippen LogP contribution in [-0.4, -0.2) is 6.10 Å². The average Bonchev–Trinajstić information content (AvgIpc) is 2.40. The van der Waals surface area contributed by atoms with E-state index >= 15 is 0 Å². The minimum absolute atomic E-state index is 0.0598. The zero-order chi connectivity index (χ0) is 14.8. The Labute approximate surface area is 122 Å². The molecule has 0 amide bonds. The third-order valence-corrected chi connectivity index (χ3v) is 4.07. The van der Waals surface area contributed by atoms with Crippen LogP contribution in [0.2, 0.25) is 0 Å². The molecule has 0 heterocycles. The maximum Gasteiger partial charge on any atom is 0.419 e. The van der Waals surface area contributed by atoms with E-state index in [1.165, 1.54) is 6.07 Å². The van der Waals surface area contributed by atoms with Crippen molar-refractivity contribution in [3.63, 3.8) is 0 Å². The second kappa shape index (κ2) is 6.25. The smallest absolute Gasteiger partial charge is 0.419 e. The highest BCUT2D eigenvalue weighted by Gasteiger charge is 2.35. The zero-order valence-electron chi connectivity index (χ0n) is 11.3. The first kappa shape index (κ1) is 15.5. The van der Waals surface area contributed by atoms with Gasteiger partial charge in [-0.05, 0) is 49.3 Å². The second-order valence-electron chi connectivity index (χ2n) is 5.46. The Balaban J connectivity index is 2.18. The van der Waals surface area contributed by atoms with Crippen molar-refractivity contribution in [1.29, 1.82) is 0 Å². The van der Waals surface area contributed by atoms with Crippen LogP contribution in [0.1, 0.15) is 43.7 Å². The molecule has 0 aliphatic heterocycles. The first-order valence-electron chi connectivity index (χ1n) is 6.83. The van der Waals surface area contributed by atoms with Gasteiger partial charge in [0.25, 0.3) is 0 Å². The molecule has 1 aromatic carbocycles. The van der Waals surface area contributed by atoms with Crippen LogP contribution < -0.4 is 4.74 Å². The lowest BCUT2D eigenvalue weighted by Gasteiger charge is -2.28. The third kappa shape index (κ3) is 3.81. The van der Waals surface area contributed by atoms with E-state index in [1.54, 1.807) is 6.07 Å². The van der Waals surface area contributed by atoms with Gasteiger partial charge < -0.3 is 4.74 Å². The fraction of sp³-hybridized carbons (Fsp3) is 0.600. The van der Waals surface area contributed by atoms with E-state index in [2.05, 4.69) is 6.92 Å². The Hall–Kier alpha value is -0.900. The summed E-state index contributed by atoms with van der Waals surface area (Å²) in [5.41, 5.74) is -0.280. The molecule has 0 radical (unpaired) electrons. The molecule has 1 fully saturated rings. The van der Waals surface area contributed by atoms with Crippen molar-refractivity contribution in [3.8, 4) is 5.75 Å². The lowest BCUT2D eigenvalue weighted by atomic mass is 9.89. The molecule has 0 atom stereocenters. The Morgan fingerprint density at radius 3 is 2.40 bits per heavy atom. The second-order valence-corrected chi connectivity index (χ2v) is 5.73. The van der Waals surface area contributed by atoms with Crippen LogP contribution >= 0.6 is 11.6 Å². The van der Waals surface area contributed by atoms with Crippen molar-refractivity contribution >= 4 is 11.6 Å². The van der Waals surface area contributed by atoms with Gasteiger partial charge in [-0.1, -0.05) is 13.0 Å². The molecule has 2 rings (SSSR count). The highest BCUT2D eigenvalue weighted by molar-refractivity contribution is 6.17. The SMILES string of the molecule is CC1CCC(Oc2ccc(CCl)cc2C(F)(F)F)CC1. The summed E-state index contributed by atoms with van der Waals surface area (Å²) in [4.78, 5) is 0. The molecule has 5 heteroatoms. The first-order chi connectivity index (χ1) is 9.40. The molecule has 1 aromatic rings. The van der Waals surface area contributed by atoms with E-state index in [0.717, 1.165) is 31.7 Å². The molecule has 1 aliphatic rings. The number of hydrogen-bond acceptors (Lipinski definition) is 1. The summed E-state index contributed by atoms with van der Waals surface area (Å²) in [6, 6.07) is 4.05. The molecule has 0 bridgehead atoms. The summed E-state index contributed by atoms with van der Waals surface area (Å²) < 4.78 is 44.8. The van der Waals surface area contributed by atoms with Crippen LogP contribution in [0.5, 0.6) is 5.75 Å². The summed E-state index contributed by atoms with van der Waals surface area (Å²) >= 11 is 5.60. The summed E-state index contributed by atoms with van der Waals surface area (Å²) in [5.74, 6) is 0.617. The molecule has 20 heavy (non-hydrogen) atoms. The molecule has 1 aliphatic carbocycles. The van der Waals surface area contributed by atoms with E-state index in [9.17, 15) is 13.2 Å². The monoisotopic (exact) mass is 306 g/mol. The molecule has 1 nitrogen and oxygen atoms in total. The van der Waals surface area contributed by atoms with Gasteiger partial charge in [0, 0.05) is 5.88 Å². The fourth-order valence-corrected chi connectivity index (χ4v) is 2.68. The van der Waals surface area contributed by atoms with Crippen LogP contribution in [0.25, 0.3) is 0 Å². The minimum Gasteiger partial charge on any atom is -0.490 e. The van der Waals surface area contributed by atoms with E-state index < -0.39 is 11.7 Å². The number of alkyl halides is 4. The topological polar surface area (TPSA) is 9.23 Å². The Kier molecular flexibility index (Phi) is 4.84. The number of hydrogen-bond donors (Lipinski definition) is 0. The van der Waals surface area contributed by atoms with Gasteiger partial charge in [0.2, 0.25) is 0 Å². The van der Waals surface area contributed by atoms with E-state index in [1.807, 2.05) is 0 Å². The molecule has 0 aromatic heterocycles. The van der Waals surface area contributed by atoms with Gasteiger partial charge in [-0.2, -0.15) is 13.2 Å². The van der Waals surface area contributed by atoms with Gasteiger partial charge in [-0.15, -0.1) is 11.6 Å². The van der Waals surface area contributed by atoms with Gasteiger partial charge in [-0.25, -0.2) is 0 Å². The summed E-state index contributed by atoms with van der Waals surface area (Å²) in [5, 5.41) is 0. The molecule has 0 N–H and O–H groups in total. The van der Waals surface area contributed by atoms with E-state index in [-0.39, 0.29) is 17.7 Å². The molecule has 1 saturated carbocycles. The predicted molar refractivity (Wildman–Crippen MR) is 73.0 cm³/mol. The maximum atomic E-state index is 13.1.